The van der Waals surface area contributed by atoms with E-state index in [0.29, 0.717) is 12.1 Å². The van der Waals surface area contributed by atoms with Gasteiger partial charge in [-0.15, -0.1) is 0 Å². The van der Waals surface area contributed by atoms with Crippen molar-refractivity contribution in [2.45, 2.75) is 38.3 Å². The van der Waals surface area contributed by atoms with E-state index in [0.717, 1.165) is 22.7 Å². The van der Waals surface area contributed by atoms with Gasteiger partial charge in [0.2, 0.25) is 0 Å². The van der Waals surface area contributed by atoms with E-state index in [4.69, 9.17) is 9.47 Å². The molecule has 3 nitrogen and oxygen atoms in total. The van der Waals surface area contributed by atoms with E-state index < -0.39 is 0 Å². The summed E-state index contributed by atoms with van der Waals surface area (Å²) < 4.78 is 11.9. The van der Waals surface area contributed by atoms with Crippen LogP contribution >= 0.6 is 15.9 Å². The second-order valence-electron chi connectivity index (χ2n) is 5.39. The van der Waals surface area contributed by atoms with Gasteiger partial charge in [0.25, 0.3) is 0 Å². The Labute approximate surface area is 130 Å². The maximum absolute atomic E-state index is 5.63. The van der Waals surface area contributed by atoms with Crippen LogP contribution in [-0.4, -0.2) is 26.9 Å². The highest BCUT2D eigenvalue weighted by Crippen LogP contribution is 2.38. The van der Waals surface area contributed by atoms with Gasteiger partial charge in [-0.3, -0.25) is 0 Å². The fourth-order valence-corrected chi connectivity index (χ4v) is 3.45. The SMILES string of the molecule is CCOC1CC(CC(NC)c2ccc(OC)c(Br)c2)C1. The van der Waals surface area contributed by atoms with Gasteiger partial charge in [0.1, 0.15) is 5.75 Å². The molecule has 2 rings (SSSR count). The highest BCUT2D eigenvalue weighted by Gasteiger charge is 2.31. The third-order valence-electron chi connectivity index (χ3n) is 4.09. The molecule has 0 saturated heterocycles. The fraction of sp³-hybridized carbons (Fsp3) is 0.625. The lowest BCUT2D eigenvalue weighted by Gasteiger charge is -2.37. The summed E-state index contributed by atoms with van der Waals surface area (Å²) in [6.45, 7) is 2.90. The van der Waals surface area contributed by atoms with Crippen molar-refractivity contribution in [3.8, 4) is 5.75 Å². The molecule has 1 aromatic carbocycles. The van der Waals surface area contributed by atoms with Crippen LogP contribution in [0.4, 0.5) is 0 Å². The van der Waals surface area contributed by atoms with Crippen molar-refractivity contribution in [3.63, 3.8) is 0 Å². The van der Waals surface area contributed by atoms with E-state index in [2.05, 4.69) is 40.3 Å². The maximum Gasteiger partial charge on any atom is 0.133 e. The van der Waals surface area contributed by atoms with Gasteiger partial charge >= 0.3 is 0 Å². The number of halogens is 1. The first-order valence-electron chi connectivity index (χ1n) is 7.30. The molecule has 4 heteroatoms. The third kappa shape index (κ3) is 3.74. The van der Waals surface area contributed by atoms with Crippen molar-refractivity contribution >= 4 is 15.9 Å². The lowest BCUT2D eigenvalue weighted by atomic mass is 9.77. The van der Waals surface area contributed by atoms with Crippen molar-refractivity contribution in [1.29, 1.82) is 0 Å². The Hall–Kier alpha value is -0.580. The van der Waals surface area contributed by atoms with Crippen LogP contribution in [0.2, 0.25) is 0 Å². The largest absolute Gasteiger partial charge is 0.496 e. The Morgan fingerprint density at radius 2 is 2.15 bits per heavy atom. The zero-order valence-electron chi connectivity index (χ0n) is 12.5. The quantitative estimate of drug-likeness (QED) is 0.815. The zero-order valence-corrected chi connectivity index (χ0v) is 14.1. The molecular weight excluding hydrogens is 318 g/mol. The molecule has 1 unspecified atom stereocenters. The number of ether oxygens (including phenoxy) is 2. The molecule has 0 radical (unpaired) electrons. The molecule has 1 aromatic rings. The smallest absolute Gasteiger partial charge is 0.133 e. The molecule has 1 saturated carbocycles. The minimum atomic E-state index is 0.393. The monoisotopic (exact) mass is 341 g/mol. The van der Waals surface area contributed by atoms with E-state index >= 15 is 0 Å². The van der Waals surface area contributed by atoms with Crippen molar-refractivity contribution in [2.75, 3.05) is 20.8 Å². The van der Waals surface area contributed by atoms with E-state index in [9.17, 15) is 0 Å². The molecule has 0 aliphatic heterocycles. The van der Waals surface area contributed by atoms with Crippen molar-refractivity contribution in [3.05, 3.63) is 28.2 Å². The summed E-state index contributed by atoms with van der Waals surface area (Å²) in [4.78, 5) is 0. The summed E-state index contributed by atoms with van der Waals surface area (Å²) in [7, 11) is 3.72. The van der Waals surface area contributed by atoms with Crippen molar-refractivity contribution < 1.29 is 9.47 Å². The number of hydrogen-bond acceptors (Lipinski definition) is 3. The van der Waals surface area contributed by atoms with Gasteiger partial charge < -0.3 is 14.8 Å². The first-order valence-corrected chi connectivity index (χ1v) is 8.09. The van der Waals surface area contributed by atoms with Gasteiger partial charge in [0.05, 0.1) is 17.7 Å². The minimum absolute atomic E-state index is 0.393. The Balaban J connectivity index is 1.93. The first-order chi connectivity index (χ1) is 9.67. The van der Waals surface area contributed by atoms with E-state index in [-0.39, 0.29) is 0 Å². The Morgan fingerprint density at radius 1 is 1.40 bits per heavy atom. The molecule has 20 heavy (non-hydrogen) atoms. The van der Waals surface area contributed by atoms with Crippen LogP contribution in [0.1, 0.15) is 37.8 Å². The molecule has 1 aliphatic rings. The summed E-state index contributed by atoms with van der Waals surface area (Å²) >= 11 is 3.56. The normalized spacial score (nSPS) is 23.2. The number of hydrogen-bond donors (Lipinski definition) is 1. The van der Waals surface area contributed by atoms with Gasteiger partial charge in [-0.1, -0.05) is 6.07 Å². The second-order valence-corrected chi connectivity index (χ2v) is 6.24. The summed E-state index contributed by atoms with van der Waals surface area (Å²) in [6.07, 6.45) is 4.05. The van der Waals surface area contributed by atoms with Gasteiger partial charge in [-0.2, -0.15) is 0 Å². The predicted molar refractivity (Wildman–Crippen MR) is 85.2 cm³/mol. The van der Waals surface area contributed by atoms with Gasteiger partial charge in [-0.05, 0) is 72.8 Å². The maximum atomic E-state index is 5.63. The van der Waals surface area contributed by atoms with Crippen LogP contribution in [0.5, 0.6) is 5.75 Å². The van der Waals surface area contributed by atoms with E-state index in [1.807, 2.05) is 13.1 Å². The summed E-state index contributed by atoms with van der Waals surface area (Å²) in [6, 6.07) is 6.71. The van der Waals surface area contributed by atoms with Gasteiger partial charge in [-0.25, -0.2) is 0 Å². The molecule has 0 bridgehead atoms. The number of methoxy groups -OCH3 is 1. The van der Waals surface area contributed by atoms with Gasteiger partial charge in [0, 0.05) is 12.6 Å². The Bertz CT molecular complexity index is 432. The van der Waals surface area contributed by atoms with Crippen LogP contribution in [0, 0.1) is 5.92 Å². The topological polar surface area (TPSA) is 30.5 Å². The number of benzene rings is 1. The molecule has 1 fully saturated rings. The second kappa shape index (κ2) is 7.43. The van der Waals surface area contributed by atoms with Crippen LogP contribution in [0.15, 0.2) is 22.7 Å². The highest BCUT2D eigenvalue weighted by atomic mass is 79.9. The highest BCUT2D eigenvalue weighted by molar-refractivity contribution is 9.10. The van der Waals surface area contributed by atoms with Crippen LogP contribution in [0.25, 0.3) is 0 Å². The fourth-order valence-electron chi connectivity index (χ4n) is 2.89. The molecule has 0 amide bonds. The molecule has 1 N–H and O–H groups in total. The summed E-state index contributed by atoms with van der Waals surface area (Å²) in [5, 5.41) is 3.43. The minimum Gasteiger partial charge on any atom is -0.496 e. The molecular formula is C16H24BrNO2. The average Bonchev–Trinajstić information content (AvgIpc) is 2.41. The average molecular weight is 342 g/mol. The standard InChI is InChI=1S/C16H24BrNO2/c1-4-20-13-7-11(8-13)9-15(18-2)12-5-6-16(19-3)14(17)10-12/h5-6,10-11,13,15,18H,4,7-9H2,1-3H3. The molecule has 0 aromatic heterocycles. The Kier molecular flexibility index (Phi) is 5.87. The van der Waals surface area contributed by atoms with Gasteiger partial charge in [0.15, 0.2) is 0 Å². The van der Waals surface area contributed by atoms with E-state index in [1.54, 1.807) is 7.11 Å². The zero-order chi connectivity index (χ0) is 14.5. The number of nitrogens with one attached hydrogen (secondary N) is 1. The first kappa shape index (κ1) is 15.8. The van der Waals surface area contributed by atoms with Crippen molar-refractivity contribution in [2.24, 2.45) is 5.92 Å². The lowest BCUT2D eigenvalue weighted by Crippen LogP contribution is -2.34. The van der Waals surface area contributed by atoms with Crippen LogP contribution in [-0.2, 0) is 4.74 Å². The molecule has 0 heterocycles. The third-order valence-corrected chi connectivity index (χ3v) is 4.71. The van der Waals surface area contributed by atoms with E-state index in [1.165, 1.54) is 24.8 Å². The molecule has 1 atom stereocenters. The molecule has 1 aliphatic carbocycles. The lowest BCUT2D eigenvalue weighted by molar-refractivity contribution is -0.0289. The van der Waals surface area contributed by atoms with Crippen LogP contribution < -0.4 is 10.1 Å². The Morgan fingerprint density at radius 3 is 2.70 bits per heavy atom. The summed E-state index contributed by atoms with van der Waals surface area (Å²) in [5.41, 5.74) is 1.31. The van der Waals surface area contributed by atoms with Crippen molar-refractivity contribution in [1.82, 2.24) is 5.32 Å². The molecule has 112 valence electrons. The van der Waals surface area contributed by atoms with Crippen LogP contribution in [0.3, 0.4) is 0 Å². The predicted octanol–water partition coefficient (Wildman–Crippen LogP) is 3.92. The summed E-state index contributed by atoms with van der Waals surface area (Å²) in [5.74, 6) is 1.65. The molecule has 0 spiro atoms. The number of rotatable bonds is 7.